The number of hydrogen-bond donors (Lipinski definition) is 1. The predicted molar refractivity (Wildman–Crippen MR) is 70.2 cm³/mol. The van der Waals surface area contributed by atoms with Crippen molar-refractivity contribution in [1.29, 1.82) is 0 Å². The second-order valence-corrected chi connectivity index (χ2v) is 10.8. The Hall–Kier alpha value is -1.00. The first-order valence-corrected chi connectivity index (χ1v) is 9.70. The van der Waals surface area contributed by atoms with Crippen LogP contribution >= 0.6 is 0 Å². The maximum Gasteiger partial charge on any atom is 0.231 e. The van der Waals surface area contributed by atoms with Gasteiger partial charge in [-0.1, -0.05) is 19.6 Å². The van der Waals surface area contributed by atoms with Crippen molar-refractivity contribution >= 4 is 8.24 Å². The number of hydrogen-bond acceptors (Lipinski definition) is 3. The average molecular weight is 249 g/mol. The van der Waals surface area contributed by atoms with E-state index in [1.54, 1.807) is 0 Å². The van der Waals surface area contributed by atoms with E-state index in [4.69, 9.17) is 9.47 Å². The molecule has 1 aliphatic heterocycles. The molecule has 0 amide bonds. The Bertz CT molecular complexity index is 420. The van der Waals surface area contributed by atoms with Crippen molar-refractivity contribution in [3.63, 3.8) is 0 Å². The van der Waals surface area contributed by atoms with Crippen LogP contribution in [-0.2, 0) is 12.8 Å². The number of fused-ring (bicyclic) bond motifs is 2. The van der Waals surface area contributed by atoms with E-state index in [0.717, 1.165) is 24.3 Å². The summed E-state index contributed by atoms with van der Waals surface area (Å²) in [5.74, 6) is 1.83. The molecule has 0 spiro atoms. The number of nitrogens with one attached hydrogen (secondary N) is 1. The molecule has 0 saturated carbocycles. The van der Waals surface area contributed by atoms with Gasteiger partial charge in [0.1, 0.15) is 8.24 Å². The van der Waals surface area contributed by atoms with Crippen molar-refractivity contribution in [3.05, 3.63) is 23.3 Å². The van der Waals surface area contributed by atoms with Gasteiger partial charge in [0.15, 0.2) is 11.5 Å². The Morgan fingerprint density at radius 2 is 1.59 bits per heavy atom. The monoisotopic (exact) mass is 249 g/mol. The third-order valence-corrected chi connectivity index (χ3v) is 4.54. The van der Waals surface area contributed by atoms with Crippen LogP contribution in [0.3, 0.4) is 0 Å². The van der Waals surface area contributed by atoms with Gasteiger partial charge in [0, 0.05) is 6.04 Å². The van der Waals surface area contributed by atoms with Gasteiger partial charge >= 0.3 is 0 Å². The molecule has 0 aromatic heterocycles. The van der Waals surface area contributed by atoms with Gasteiger partial charge in [-0.2, -0.15) is 0 Å². The highest BCUT2D eigenvalue weighted by molar-refractivity contribution is 6.73. The minimum Gasteiger partial charge on any atom is -0.454 e. The minimum absolute atomic E-state index is 0.370. The first kappa shape index (κ1) is 11.1. The highest BCUT2D eigenvalue weighted by atomic mass is 28.3. The molecule has 1 aliphatic carbocycles. The van der Waals surface area contributed by atoms with E-state index in [-0.39, 0.29) is 0 Å². The van der Waals surface area contributed by atoms with Crippen molar-refractivity contribution in [1.82, 2.24) is 4.98 Å². The van der Waals surface area contributed by atoms with Crippen molar-refractivity contribution < 1.29 is 9.47 Å². The lowest BCUT2D eigenvalue weighted by Crippen LogP contribution is -2.48. The molecular weight excluding hydrogens is 230 g/mol. The zero-order valence-corrected chi connectivity index (χ0v) is 11.7. The van der Waals surface area contributed by atoms with Crippen LogP contribution in [0.5, 0.6) is 11.5 Å². The summed E-state index contributed by atoms with van der Waals surface area (Å²) in [6.07, 6.45) is 2.24. The zero-order valence-electron chi connectivity index (χ0n) is 10.7. The summed E-state index contributed by atoms with van der Waals surface area (Å²) in [6.45, 7) is 7.42. The molecule has 3 nitrogen and oxygen atoms in total. The molecule has 1 aromatic carbocycles. The lowest BCUT2D eigenvalue weighted by atomic mass is 10.1. The molecule has 1 N–H and O–H groups in total. The number of rotatable bonds is 2. The summed E-state index contributed by atoms with van der Waals surface area (Å²) in [7, 11) is -1.20. The number of benzene rings is 1. The fraction of sp³-hybridized carbons (Fsp3) is 0.538. The van der Waals surface area contributed by atoms with Crippen molar-refractivity contribution in [2.24, 2.45) is 0 Å². The van der Waals surface area contributed by atoms with E-state index in [1.165, 1.54) is 11.1 Å². The van der Waals surface area contributed by atoms with E-state index >= 15 is 0 Å². The van der Waals surface area contributed by atoms with Crippen LogP contribution < -0.4 is 14.5 Å². The first-order valence-electron chi connectivity index (χ1n) is 6.20. The van der Waals surface area contributed by atoms with Gasteiger partial charge in [-0.3, -0.25) is 0 Å². The maximum absolute atomic E-state index is 5.43. The Morgan fingerprint density at radius 3 is 2.06 bits per heavy atom. The Morgan fingerprint density at radius 1 is 1.06 bits per heavy atom. The van der Waals surface area contributed by atoms with E-state index in [2.05, 4.69) is 36.8 Å². The fourth-order valence-corrected chi connectivity index (χ4v) is 4.15. The van der Waals surface area contributed by atoms with Crippen LogP contribution in [0.2, 0.25) is 19.6 Å². The third kappa shape index (κ3) is 2.19. The zero-order chi connectivity index (χ0) is 12.0. The van der Waals surface area contributed by atoms with Gasteiger partial charge in [0.25, 0.3) is 0 Å². The molecule has 0 radical (unpaired) electrons. The van der Waals surface area contributed by atoms with Crippen LogP contribution in [-0.4, -0.2) is 21.1 Å². The topological polar surface area (TPSA) is 30.5 Å². The van der Waals surface area contributed by atoms with Crippen molar-refractivity contribution in [2.45, 2.75) is 38.5 Å². The molecule has 0 fully saturated rings. The first-order chi connectivity index (χ1) is 8.01. The Kier molecular flexibility index (Phi) is 2.45. The Balaban J connectivity index is 1.80. The van der Waals surface area contributed by atoms with Crippen molar-refractivity contribution in [3.8, 4) is 11.5 Å². The molecular formula is C13H19NO2Si. The third-order valence-electron chi connectivity index (χ3n) is 3.26. The summed E-state index contributed by atoms with van der Waals surface area (Å²) in [6, 6.07) is 4.91. The maximum atomic E-state index is 5.43. The van der Waals surface area contributed by atoms with E-state index in [1.807, 2.05) is 0 Å². The van der Waals surface area contributed by atoms with Gasteiger partial charge in [0.05, 0.1) is 0 Å². The normalized spacial score (nSPS) is 18.5. The molecule has 92 valence electrons. The lowest BCUT2D eigenvalue weighted by molar-refractivity contribution is 0.174. The van der Waals surface area contributed by atoms with Gasteiger partial charge < -0.3 is 14.5 Å². The van der Waals surface area contributed by atoms with E-state index < -0.39 is 8.24 Å². The highest BCUT2D eigenvalue weighted by Crippen LogP contribution is 2.38. The van der Waals surface area contributed by atoms with Gasteiger partial charge in [-0.05, 0) is 36.1 Å². The van der Waals surface area contributed by atoms with Gasteiger partial charge in [0.2, 0.25) is 6.79 Å². The molecule has 4 heteroatoms. The molecule has 17 heavy (non-hydrogen) atoms. The average Bonchev–Trinajstić information content (AvgIpc) is 2.74. The van der Waals surface area contributed by atoms with E-state index in [0.29, 0.717) is 12.8 Å². The van der Waals surface area contributed by atoms with E-state index in [9.17, 15) is 0 Å². The summed E-state index contributed by atoms with van der Waals surface area (Å²) >= 11 is 0. The number of ether oxygens (including phenoxy) is 2. The molecule has 0 unspecified atom stereocenters. The SMILES string of the molecule is C[Si](C)(C)NC1Cc2cc3c(cc2C1)OCO3. The summed E-state index contributed by atoms with van der Waals surface area (Å²) in [4.78, 5) is 3.80. The molecule has 0 atom stereocenters. The molecule has 1 aromatic rings. The second-order valence-electron chi connectivity index (χ2n) is 5.97. The second kappa shape index (κ2) is 3.75. The predicted octanol–water partition coefficient (Wildman–Crippen LogP) is 2.31. The summed E-state index contributed by atoms with van der Waals surface area (Å²) < 4.78 is 10.9. The van der Waals surface area contributed by atoms with Crippen LogP contribution in [0, 0.1) is 0 Å². The molecule has 0 saturated heterocycles. The quantitative estimate of drug-likeness (QED) is 0.816. The van der Waals surface area contributed by atoms with Crippen molar-refractivity contribution in [2.75, 3.05) is 6.79 Å². The van der Waals surface area contributed by atoms with Crippen LogP contribution in [0.4, 0.5) is 0 Å². The van der Waals surface area contributed by atoms with Crippen LogP contribution in [0.25, 0.3) is 0 Å². The molecule has 3 rings (SSSR count). The van der Waals surface area contributed by atoms with Gasteiger partial charge in [-0.25, -0.2) is 0 Å². The largest absolute Gasteiger partial charge is 0.454 e. The minimum atomic E-state index is -1.20. The molecule has 0 bridgehead atoms. The van der Waals surface area contributed by atoms with Crippen LogP contribution in [0.15, 0.2) is 12.1 Å². The van der Waals surface area contributed by atoms with Crippen LogP contribution in [0.1, 0.15) is 11.1 Å². The molecule has 2 aliphatic rings. The fourth-order valence-electron chi connectivity index (χ4n) is 2.72. The standard InChI is InChI=1S/C13H19NO2Si/c1-17(2,3)14-11-4-9-6-12-13(16-8-15-12)7-10(9)5-11/h6-7,11,14H,4-5,8H2,1-3H3. The highest BCUT2D eigenvalue weighted by Gasteiger charge is 2.28. The summed E-state index contributed by atoms with van der Waals surface area (Å²) in [5.41, 5.74) is 2.84. The summed E-state index contributed by atoms with van der Waals surface area (Å²) in [5, 5.41) is 0. The lowest BCUT2D eigenvalue weighted by Gasteiger charge is -2.23. The molecule has 1 heterocycles. The van der Waals surface area contributed by atoms with Gasteiger partial charge in [-0.15, -0.1) is 0 Å². The smallest absolute Gasteiger partial charge is 0.231 e. The Labute approximate surface area is 103 Å².